The summed E-state index contributed by atoms with van der Waals surface area (Å²) >= 11 is 1.96. The third-order valence-corrected chi connectivity index (χ3v) is 5.35. The highest BCUT2D eigenvalue weighted by molar-refractivity contribution is 7.12. The largest absolute Gasteiger partial charge is 0.317 e. The van der Waals surface area contributed by atoms with E-state index >= 15 is 0 Å². The first-order valence-corrected chi connectivity index (χ1v) is 8.53. The summed E-state index contributed by atoms with van der Waals surface area (Å²) in [7, 11) is 0. The Balaban J connectivity index is 1.97. The topological polar surface area (TPSA) is 15.3 Å². The zero-order valence-electron chi connectivity index (χ0n) is 12.6. The molecule has 0 amide bonds. The Morgan fingerprint density at radius 3 is 2.68 bits per heavy atom. The van der Waals surface area contributed by atoms with E-state index in [0.717, 1.165) is 5.92 Å². The van der Waals surface area contributed by atoms with Gasteiger partial charge in [-0.1, -0.05) is 6.92 Å². The first-order valence-electron chi connectivity index (χ1n) is 7.71. The molecule has 0 bridgehead atoms. The van der Waals surface area contributed by atoms with Gasteiger partial charge in [0, 0.05) is 22.3 Å². The zero-order chi connectivity index (χ0) is 13.7. The Morgan fingerprint density at radius 1 is 1.37 bits per heavy atom. The van der Waals surface area contributed by atoms with Crippen LogP contribution in [-0.4, -0.2) is 31.1 Å². The second kappa shape index (κ2) is 7.41. The molecule has 0 aromatic carbocycles. The number of nitrogens with zero attached hydrogens (tertiary/aromatic N) is 1. The predicted molar refractivity (Wildman–Crippen MR) is 84.9 cm³/mol. The molecule has 0 radical (unpaired) electrons. The molecule has 1 N–H and O–H groups in total. The van der Waals surface area contributed by atoms with E-state index in [0.29, 0.717) is 6.04 Å². The number of rotatable bonds is 6. The van der Waals surface area contributed by atoms with E-state index in [4.69, 9.17) is 0 Å². The molecule has 19 heavy (non-hydrogen) atoms. The maximum absolute atomic E-state index is 3.47. The minimum atomic E-state index is 0.577. The normalized spacial score (nSPS) is 18.9. The molecule has 0 aliphatic carbocycles. The fraction of sp³-hybridized carbons (Fsp3) is 0.750. The summed E-state index contributed by atoms with van der Waals surface area (Å²) in [5.41, 5.74) is 0. The fourth-order valence-electron chi connectivity index (χ4n) is 2.98. The van der Waals surface area contributed by atoms with Crippen molar-refractivity contribution in [3.05, 3.63) is 21.9 Å². The van der Waals surface area contributed by atoms with Gasteiger partial charge in [0.25, 0.3) is 0 Å². The summed E-state index contributed by atoms with van der Waals surface area (Å²) in [6.07, 6.45) is 3.94. The predicted octanol–water partition coefficient (Wildman–Crippen LogP) is 3.83. The lowest BCUT2D eigenvalue weighted by Crippen LogP contribution is -2.37. The van der Waals surface area contributed by atoms with E-state index in [-0.39, 0.29) is 0 Å². The molecule has 3 heteroatoms. The second-order valence-electron chi connectivity index (χ2n) is 5.81. The van der Waals surface area contributed by atoms with Crippen molar-refractivity contribution in [2.75, 3.05) is 26.2 Å². The van der Waals surface area contributed by atoms with Crippen LogP contribution >= 0.6 is 11.3 Å². The van der Waals surface area contributed by atoms with Gasteiger partial charge in [0.15, 0.2) is 0 Å². The SMILES string of the molecule is CCCN(CC1CCNCC1)C(C)c1ccc(C)s1. The van der Waals surface area contributed by atoms with Crippen molar-refractivity contribution in [3.63, 3.8) is 0 Å². The van der Waals surface area contributed by atoms with Gasteiger partial charge in [0.05, 0.1) is 0 Å². The second-order valence-corrected chi connectivity index (χ2v) is 7.13. The number of aryl methyl sites for hydroxylation is 1. The first-order chi connectivity index (χ1) is 9.20. The van der Waals surface area contributed by atoms with Gasteiger partial charge in [0.2, 0.25) is 0 Å². The Kier molecular flexibility index (Phi) is 5.86. The minimum Gasteiger partial charge on any atom is -0.317 e. The summed E-state index contributed by atoms with van der Waals surface area (Å²) < 4.78 is 0. The van der Waals surface area contributed by atoms with E-state index in [1.54, 1.807) is 0 Å². The number of piperidine rings is 1. The smallest absolute Gasteiger partial charge is 0.0413 e. The third-order valence-electron chi connectivity index (χ3n) is 4.18. The zero-order valence-corrected chi connectivity index (χ0v) is 13.4. The Morgan fingerprint density at radius 2 is 2.11 bits per heavy atom. The van der Waals surface area contributed by atoms with E-state index in [2.05, 4.69) is 43.1 Å². The van der Waals surface area contributed by atoms with E-state index in [9.17, 15) is 0 Å². The Hall–Kier alpha value is -0.380. The molecule has 1 aliphatic rings. The first kappa shape index (κ1) is 15.0. The van der Waals surface area contributed by atoms with Crippen molar-refractivity contribution in [2.45, 2.75) is 46.1 Å². The number of hydrogen-bond donors (Lipinski definition) is 1. The number of thiophene rings is 1. The highest BCUT2D eigenvalue weighted by atomic mass is 32.1. The molecule has 2 rings (SSSR count). The fourth-order valence-corrected chi connectivity index (χ4v) is 3.95. The molecule has 1 aromatic heterocycles. The molecule has 1 saturated heterocycles. The summed E-state index contributed by atoms with van der Waals surface area (Å²) in [5.74, 6) is 0.885. The third kappa shape index (κ3) is 4.30. The minimum absolute atomic E-state index is 0.577. The average molecular weight is 280 g/mol. The van der Waals surface area contributed by atoms with Crippen LogP contribution in [0.5, 0.6) is 0 Å². The number of hydrogen-bond acceptors (Lipinski definition) is 3. The molecule has 0 saturated carbocycles. The van der Waals surface area contributed by atoms with Gasteiger partial charge in [-0.25, -0.2) is 0 Å². The van der Waals surface area contributed by atoms with Gasteiger partial charge >= 0.3 is 0 Å². The molecule has 1 aromatic rings. The van der Waals surface area contributed by atoms with Gasteiger partial charge < -0.3 is 5.32 Å². The maximum Gasteiger partial charge on any atom is 0.0413 e. The lowest BCUT2D eigenvalue weighted by molar-refractivity contribution is 0.163. The van der Waals surface area contributed by atoms with E-state index < -0.39 is 0 Å². The molecule has 1 unspecified atom stereocenters. The highest BCUT2D eigenvalue weighted by Gasteiger charge is 2.21. The summed E-state index contributed by atoms with van der Waals surface area (Å²) in [4.78, 5) is 5.65. The van der Waals surface area contributed by atoms with Crippen LogP contribution in [0, 0.1) is 12.8 Å². The quantitative estimate of drug-likeness (QED) is 0.852. The van der Waals surface area contributed by atoms with Crippen molar-refractivity contribution in [2.24, 2.45) is 5.92 Å². The van der Waals surface area contributed by atoms with Crippen LogP contribution in [0.15, 0.2) is 12.1 Å². The molecule has 108 valence electrons. The van der Waals surface area contributed by atoms with Crippen molar-refractivity contribution in [3.8, 4) is 0 Å². The van der Waals surface area contributed by atoms with Crippen LogP contribution in [0.4, 0.5) is 0 Å². The van der Waals surface area contributed by atoms with E-state index in [1.807, 2.05) is 11.3 Å². The van der Waals surface area contributed by atoms with Gasteiger partial charge in [-0.2, -0.15) is 0 Å². The van der Waals surface area contributed by atoms with Crippen LogP contribution in [0.3, 0.4) is 0 Å². The molecule has 1 aliphatic heterocycles. The van der Waals surface area contributed by atoms with Gasteiger partial charge in [-0.15, -0.1) is 11.3 Å². The molecule has 1 atom stereocenters. The molecule has 0 spiro atoms. The van der Waals surface area contributed by atoms with Gasteiger partial charge in [-0.05, 0) is 70.8 Å². The van der Waals surface area contributed by atoms with E-state index in [1.165, 1.54) is 55.2 Å². The van der Waals surface area contributed by atoms with Crippen LogP contribution in [0.2, 0.25) is 0 Å². The van der Waals surface area contributed by atoms with Crippen molar-refractivity contribution in [1.29, 1.82) is 0 Å². The van der Waals surface area contributed by atoms with Crippen molar-refractivity contribution in [1.82, 2.24) is 10.2 Å². The molecular weight excluding hydrogens is 252 g/mol. The lowest BCUT2D eigenvalue weighted by atomic mass is 9.96. The maximum atomic E-state index is 3.47. The number of nitrogens with one attached hydrogen (secondary N) is 1. The molecule has 2 nitrogen and oxygen atoms in total. The standard InChI is InChI=1S/C16H28N2S/c1-4-11-18(12-15-7-9-17-10-8-15)14(3)16-6-5-13(2)19-16/h5-6,14-15,17H,4,7-12H2,1-3H3. The van der Waals surface area contributed by atoms with Crippen LogP contribution < -0.4 is 5.32 Å². The Labute approximate surface area is 122 Å². The van der Waals surface area contributed by atoms with Crippen LogP contribution in [0.1, 0.15) is 48.9 Å². The summed E-state index contributed by atoms with van der Waals surface area (Å²) in [6, 6.07) is 5.15. The van der Waals surface area contributed by atoms with Crippen LogP contribution in [-0.2, 0) is 0 Å². The summed E-state index contributed by atoms with van der Waals surface area (Å²) in [5, 5.41) is 3.47. The molecular formula is C16H28N2S. The van der Waals surface area contributed by atoms with Crippen molar-refractivity contribution >= 4 is 11.3 Å². The molecule has 2 heterocycles. The highest BCUT2D eigenvalue weighted by Crippen LogP contribution is 2.29. The van der Waals surface area contributed by atoms with Gasteiger partial charge in [0.1, 0.15) is 0 Å². The monoisotopic (exact) mass is 280 g/mol. The van der Waals surface area contributed by atoms with Crippen molar-refractivity contribution < 1.29 is 0 Å². The van der Waals surface area contributed by atoms with Crippen LogP contribution in [0.25, 0.3) is 0 Å². The lowest BCUT2D eigenvalue weighted by Gasteiger charge is -2.33. The average Bonchev–Trinajstić information content (AvgIpc) is 2.85. The van der Waals surface area contributed by atoms with Gasteiger partial charge in [-0.3, -0.25) is 4.90 Å². The Bertz CT molecular complexity index is 369. The molecule has 1 fully saturated rings. The summed E-state index contributed by atoms with van der Waals surface area (Å²) in [6.45, 7) is 11.8.